The molecule has 0 amide bonds. The summed E-state index contributed by atoms with van der Waals surface area (Å²) in [4.78, 5) is 7.18. The molecule has 0 aliphatic carbocycles. The molecule has 7 heteroatoms. The number of sulfone groups is 1. The Hall–Kier alpha value is -2.25. The van der Waals surface area contributed by atoms with Crippen molar-refractivity contribution in [1.82, 2.24) is 4.98 Å². The second kappa shape index (κ2) is 7.88. The van der Waals surface area contributed by atoms with E-state index in [0.29, 0.717) is 25.9 Å². The maximum Gasteiger partial charge on any atom is 0.185 e. The van der Waals surface area contributed by atoms with Gasteiger partial charge in [-0.05, 0) is 62.6 Å². The van der Waals surface area contributed by atoms with E-state index < -0.39 is 20.9 Å². The van der Waals surface area contributed by atoms with E-state index >= 15 is 0 Å². The molecule has 0 spiro atoms. The van der Waals surface area contributed by atoms with Crippen molar-refractivity contribution in [3.8, 4) is 11.3 Å². The Kier molecular flexibility index (Phi) is 5.44. The summed E-state index contributed by atoms with van der Waals surface area (Å²) in [6, 6.07) is 11.5. The molecule has 1 aliphatic rings. The van der Waals surface area contributed by atoms with Crippen LogP contribution in [0.4, 0.5) is 9.52 Å². The summed E-state index contributed by atoms with van der Waals surface area (Å²) in [5.41, 5.74) is 4.50. The van der Waals surface area contributed by atoms with Crippen molar-refractivity contribution in [2.75, 3.05) is 18.0 Å². The smallest absolute Gasteiger partial charge is 0.185 e. The maximum atomic E-state index is 13.1. The number of benzene rings is 2. The summed E-state index contributed by atoms with van der Waals surface area (Å²) < 4.78 is 38.8. The summed E-state index contributed by atoms with van der Waals surface area (Å²) in [6.45, 7) is 5.44. The first-order valence-corrected chi connectivity index (χ1v) is 12.0. The van der Waals surface area contributed by atoms with E-state index in [9.17, 15) is 12.8 Å². The topological polar surface area (TPSA) is 50.3 Å². The molecule has 152 valence electrons. The van der Waals surface area contributed by atoms with Crippen LogP contribution in [-0.2, 0) is 9.84 Å². The molecule has 4 nitrogen and oxygen atoms in total. The number of rotatable bonds is 4. The number of thiazole rings is 1. The van der Waals surface area contributed by atoms with Crippen LogP contribution in [-0.4, -0.2) is 31.7 Å². The van der Waals surface area contributed by atoms with Crippen LogP contribution in [0.3, 0.4) is 0 Å². The third-order valence-corrected chi connectivity index (χ3v) is 8.63. The molecule has 1 saturated heterocycles. The molecule has 0 unspecified atom stereocenters. The molecule has 0 saturated carbocycles. The fourth-order valence-corrected chi connectivity index (χ4v) is 6.33. The largest absolute Gasteiger partial charge is 0.348 e. The van der Waals surface area contributed by atoms with Crippen LogP contribution in [0.1, 0.15) is 24.0 Å². The Morgan fingerprint density at radius 3 is 2.45 bits per heavy atom. The van der Waals surface area contributed by atoms with Crippen LogP contribution in [0.25, 0.3) is 11.3 Å². The molecular formula is C22H23FN2O2S2. The number of aryl methyl sites for hydroxylation is 2. The van der Waals surface area contributed by atoms with Gasteiger partial charge in [0.15, 0.2) is 15.0 Å². The van der Waals surface area contributed by atoms with E-state index in [2.05, 4.69) is 42.3 Å². The highest BCUT2D eigenvalue weighted by Crippen LogP contribution is 2.33. The molecule has 1 fully saturated rings. The Morgan fingerprint density at radius 2 is 1.76 bits per heavy atom. The Balaban J connectivity index is 1.47. The number of nitrogens with zero attached hydrogens (tertiary/aromatic N) is 2. The lowest BCUT2D eigenvalue weighted by molar-refractivity contribution is 0.529. The zero-order valence-electron chi connectivity index (χ0n) is 16.4. The number of halogens is 1. The highest BCUT2D eigenvalue weighted by molar-refractivity contribution is 7.92. The zero-order chi connectivity index (χ0) is 20.6. The van der Waals surface area contributed by atoms with E-state index in [0.717, 1.165) is 16.4 Å². The van der Waals surface area contributed by atoms with Gasteiger partial charge in [0.2, 0.25) is 0 Å². The van der Waals surface area contributed by atoms with Crippen LogP contribution in [0.5, 0.6) is 0 Å². The first kappa shape index (κ1) is 20.0. The Bertz CT molecular complexity index is 1120. The number of anilines is 1. The predicted octanol–water partition coefficient (Wildman–Crippen LogP) is 5.01. The van der Waals surface area contributed by atoms with Crippen LogP contribution >= 0.6 is 11.3 Å². The van der Waals surface area contributed by atoms with Gasteiger partial charge in [-0.15, -0.1) is 11.3 Å². The molecule has 0 bridgehead atoms. The SMILES string of the molecule is Cc1ccc(C)c(-c2csc(N3CCC(S(=O)(=O)c4ccc(F)cc4)CC3)n2)c1. The van der Waals surface area contributed by atoms with Crippen molar-refractivity contribution < 1.29 is 12.8 Å². The van der Waals surface area contributed by atoms with Gasteiger partial charge in [-0.25, -0.2) is 17.8 Å². The third kappa shape index (κ3) is 4.07. The number of hydrogen-bond donors (Lipinski definition) is 0. The highest BCUT2D eigenvalue weighted by Gasteiger charge is 2.32. The zero-order valence-corrected chi connectivity index (χ0v) is 18.1. The minimum Gasteiger partial charge on any atom is -0.348 e. The number of aromatic nitrogens is 1. The molecule has 0 atom stereocenters. The minimum atomic E-state index is -3.44. The van der Waals surface area contributed by atoms with Crippen LogP contribution in [0.2, 0.25) is 0 Å². The van der Waals surface area contributed by atoms with Crippen molar-refractivity contribution in [2.24, 2.45) is 0 Å². The van der Waals surface area contributed by atoms with Crippen molar-refractivity contribution in [1.29, 1.82) is 0 Å². The molecule has 3 aromatic rings. The van der Waals surface area contributed by atoms with Gasteiger partial charge in [0, 0.05) is 24.0 Å². The molecule has 29 heavy (non-hydrogen) atoms. The van der Waals surface area contributed by atoms with Gasteiger partial charge in [-0.2, -0.15) is 0 Å². The fourth-order valence-electron chi connectivity index (χ4n) is 3.72. The van der Waals surface area contributed by atoms with Crippen LogP contribution in [0.15, 0.2) is 52.7 Å². The fraction of sp³-hybridized carbons (Fsp3) is 0.318. The van der Waals surface area contributed by atoms with Gasteiger partial charge in [0.25, 0.3) is 0 Å². The average molecular weight is 431 g/mol. The molecule has 1 aliphatic heterocycles. The molecule has 4 rings (SSSR count). The normalized spacial score (nSPS) is 15.6. The average Bonchev–Trinajstić information content (AvgIpc) is 3.20. The Morgan fingerprint density at radius 1 is 1.07 bits per heavy atom. The minimum absolute atomic E-state index is 0.198. The van der Waals surface area contributed by atoms with E-state index in [4.69, 9.17) is 4.98 Å². The molecule has 0 N–H and O–H groups in total. The first-order chi connectivity index (χ1) is 13.8. The first-order valence-electron chi connectivity index (χ1n) is 9.62. The Labute approximate surface area is 175 Å². The molecule has 1 aromatic heterocycles. The summed E-state index contributed by atoms with van der Waals surface area (Å²) in [7, 11) is -3.44. The summed E-state index contributed by atoms with van der Waals surface area (Å²) in [5, 5.41) is 2.56. The lowest BCUT2D eigenvalue weighted by Gasteiger charge is -2.31. The second-order valence-electron chi connectivity index (χ2n) is 7.52. The predicted molar refractivity (Wildman–Crippen MR) is 116 cm³/mol. The number of hydrogen-bond acceptors (Lipinski definition) is 5. The summed E-state index contributed by atoms with van der Waals surface area (Å²) >= 11 is 1.60. The van der Waals surface area contributed by atoms with Crippen LogP contribution < -0.4 is 4.90 Å². The lowest BCUT2D eigenvalue weighted by atomic mass is 10.0. The molecule has 2 heterocycles. The van der Waals surface area contributed by atoms with E-state index in [1.54, 1.807) is 11.3 Å². The van der Waals surface area contributed by atoms with Gasteiger partial charge >= 0.3 is 0 Å². The highest BCUT2D eigenvalue weighted by atomic mass is 32.2. The van der Waals surface area contributed by atoms with Crippen molar-refractivity contribution in [2.45, 2.75) is 36.8 Å². The lowest BCUT2D eigenvalue weighted by Crippen LogP contribution is -2.39. The van der Waals surface area contributed by atoms with Gasteiger partial charge in [0.05, 0.1) is 15.8 Å². The van der Waals surface area contributed by atoms with Gasteiger partial charge in [0.1, 0.15) is 5.82 Å². The third-order valence-electron chi connectivity index (χ3n) is 5.45. The molecule has 0 radical (unpaired) electrons. The standard InChI is InChI=1S/C22H23FN2O2S2/c1-15-3-4-16(2)20(13-15)21-14-28-22(24-21)25-11-9-19(10-12-25)29(26,27)18-7-5-17(23)6-8-18/h3-8,13-14,19H,9-12H2,1-2H3. The van der Waals surface area contributed by atoms with E-state index in [1.165, 1.54) is 35.4 Å². The van der Waals surface area contributed by atoms with E-state index in [-0.39, 0.29) is 4.90 Å². The molecular weight excluding hydrogens is 407 g/mol. The van der Waals surface area contributed by atoms with Crippen molar-refractivity contribution >= 4 is 26.3 Å². The quantitative estimate of drug-likeness (QED) is 0.546. The summed E-state index contributed by atoms with van der Waals surface area (Å²) in [5.74, 6) is -0.429. The summed E-state index contributed by atoms with van der Waals surface area (Å²) in [6.07, 6.45) is 1.08. The second-order valence-corrected chi connectivity index (χ2v) is 10.6. The van der Waals surface area contributed by atoms with Crippen LogP contribution in [0, 0.1) is 19.7 Å². The number of piperidine rings is 1. The van der Waals surface area contributed by atoms with E-state index in [1.807, 2.05) is 0 Å². The molecule has 2 aromatic carbocycles. The maximum absolute atomic E-state index is 13.1. The van der Waals surface area contributed by atoms with Crippen molar-refractivity contribution in [3.05, 3.63) is 64.8 Å². The van der Waals surface area contributed by atoms with Crippen molar-refractivity contribution in [3.63, 3.8) is 0 Å². The van der Waals surface area contributed by atoms with Gasteiger partial charge < -0.3 is 4.90 Å². The van der Waals surface area contributed by atoms with Gasteiger partial charge in [-0.3, -0.25) is 0 Å². The van der Waals surface area contributed by atoms with Gasteiger partial charge in [-0.1, -0.05) is 17.7 Å². The monoisotopic (exact) mass is 430 g/mol.